The number of hydrogen-bond donors (Lipinski definition) is 0. The molecule has 0 unspecified atom stereocenters. The van der Waals surface area contributed by atoms with Crippen molar-refractivity contribution >= 4 is 11.6 Å². The van der Waals surface area contributed by atoms with Crippen LogP contribution in [0.1, 0.15) is 5.69 Å². The molecule has 1 rings (SSSR count). The van der Waals surface area contributed by atoms with Crippen molar-refractivity contribution in [3.05, 3.63) is 41.7 Å². The van der Waals surface area contributed by atoms with E-state index in [4.69, 9.17) is 11.6 Å². The molecule has 0 fully saturated rings. The van der Waals surface area contributed by atoms with Crippen LogP contribution in [0.5, 0.6) is 0 Å². The van der Waals surface area contributed by atoms with Gasteiger partial charge in [-0.05, 0) is 12.1 Å². The fourth-order valence-corrected chi connectivity index (χ4v) is 0.787. The molecule has 10 heavy (non-hydrogen) atoms. The second-order valence-electron chi connectivity index (χ2n) is 1.96. The van der Waals surface area contributed by atoms with E-state index in [-0.39, 0.29) is 0 Å². The Bertz CT molecular complexity index is 215. The predicted octanol–water partition coefficient (Wildman–Crippen LogP) is 2.46. The SMILES string of the molecule is C=CCc1ccc(Cl)cn1. The Labute approximate surface area is 65.4 Å². The molecule has 0 saturated carbocycles. The van der Waals surface area contributed by atoms with Crippen molar-refractivity contribution < 1.29 is 0 Å². The van der Waals surface area contributed by atoms with Crippen LogP contribution in [0, 0.1) is 0 Å². The van der Waals surface area contributed by atoms with Crippen LogP contribution in [0.25, 0.3) is 0 Å². The molecule has 52 valence electrons. The third kappa shape index (κ3) is 1.85. The van der Waals surface area contributed by atoms with Gasteiger partial charge in [0.15, 0.2) is 0 Å². The summed E-state index contributed by atoms with van der Waals surface area (Å²) in [6, 6.07) is 3.72. The monoisotopic (exact) mass is 153 g/mol. The lowest BCUT2D eigenvalue weighted by Crippen LogP contribution is -1.84. The first-order valence-corrected chi connectivity index (χ1v) is 3.42. The summed E-state index contributed by atoms with van der Waals surface area (Å²) in [6.45, 7) is 3.61. The first-order valence-electron chi connectivity index (χ1n) is 3.04. The number of pyridine rings is 1. The molecule has 1 nitrogen and oxygen atoms in total. The van der Waals surface area contributed by atoms with Crippen molar-refractivity contribution in [3.8, 4) is 0 Å². The maximum absolute atomic E-state index is 5.62. The molecule has 0 aromatic carbocycles. The topological polar surface area (TPSA) is 12.9 Å². The van der Waals surface area contributed by atoms with Gasteiger partial charge in [0.2, 0.25) is 0 Å². The zero-order chi connectivity index (χ0) is 7.40. The van der Waals surface area contributed by atoms with Gasteiger partial charge < -0.3 is 0 Å². The summed E-state index contributed by atoms with van der Waals surface area (Å²) in [7, 11) is 0. The lowest BCUT2D eigenvalue weighted by molar-refractivity contribution is 1.11. The molecule has 1 aromatic rings. The molecule has 0 radical (unpaired) electrons. The first kappa shape index (κ1) is 7.29. The molecule has 0 saturated heterocycles. The van der Waals surface area contributed by atoms with Gasteiger partial charge in [0.05, 0.1) is 5.02 Å². The van der Waals surface area contributed by atoms with Crippen LogP contribution in [0.3, 0.4) is 0 Å². The molecular weight excluding hydrogens is 146 g/mol. The number of allylic oxidation sites excluding steroid dienone is 1. The number of aromatic nitrogens is 1. The normalized spacial score (nSPS) is 9.30. The number of halogens is 1. The summed E-state index contributed by atoms with van der Waals surface area (Å²) in [5, 5.41) is 0.674. The molecule has 2 heteroatoms. The number of nitrogens with zero attached hydrogens (tertiary/aromatic N) is 1. The van der Waals surface area contributed by atoms with Crippen LogP contribution in [0.15, 0.2) is 31.0 Å². The molecule has 0 aliphatic heterocycles. The van der Waals surface area contributed by atoms with Crippen molar-refractivity contribution in [2.45, 2.75) is 6.42 Å². The Morgan fingerprint density at radius 1 is 1.60 bits per heavy atom. The zero-order valence-electron chi connectivity index (χ0n) is 5.55. The van der Waals surface area contributed by atoms with Gasteiger partial charge in [0.1, 0.15) is 0 Å². The minimum absolute atomic E-state index is 0.674. The van der Waals surface area contributed by atoms with Gasteiger partial charge in [-0.15, -0.1) is 6.58 Å². The molecule has 0 N–H and O–H groups in total. The molecule has 1 heterocycles. The van der Waals surface area contributed by atoms with E-state index < -0.39 is 0 Å². The second-order valence-corrected chi connectivity index (χ2v) is 2.40. The van der Waals surface area contributed by atoms with Crippen LogP contribution in [0.2, 0.25) is 5.02 Å². The van der Waals surface area contributed by atoms with E-state index in [0.717, 1.165) is 12.1 Å². The molecule has 0 aliphatic rings. The maximum Gasteiger partial charge on any atom is 0.0589 e. The lowest BCUT2D eigenvalue weighted by atomic mass is 10.3. The Hall–Kier alpha value is -0.820. The maximum atomic E-state index is 5.62. The average Bonchev–Trinajstić information content (AvgIpc) is 1.95. The summed E-state index contributed by atoms with van der Waals surface area (Å²) in [4.78, 5) is 4.06. The van der Waals surface area contributed by atoms with E-state index in [1.807, 2.05) is 18.2 Å². The van der Waals surface area contributed by atoms with Gasteiger partial charge in [-0.3, -0.25) is 4.98 Å². The van der Waals surface area contributed by atoms with Crippen LogP contribution in [-0.4, -0.2) is 4.98 Å². The molecule has 1 aromatic heterocycles. The molecular formula is C8H8ClN. The zero-order valence-corrected chi connectivity index (χ0v) is 6.30. The Morgan fingerprint density at radius 2 is 2.40 bits per heavy atom. The second kappa shape index (κ2) is 3.37. The van der Waals surface area contributed by atoms with Crippen LogP contribution in [0.4, 0.5) is 0 Å². The highest BCUT2D eigenvalue weighted by Crippen LogP contribution is 2.06. The van der Waals surface area contributed by atoms with E-state index in [1.165, 1.54) is 0 Å². The van der Waals surface area contributed by atoms with Crippen LogP contribution < -0.4 is 0 Å². The minimum Gasteiger partial charge on any atom is -0.259 e. The molecule has 0 bridgehead atoms. The predicted molar refractivity (Wildman–Crippen MR) is 43.1 cm³/mol. The molecule has 0 atom stereocenters. The summed E-state index contributed by atoms with van der Waals surface area (Å²) in [6.07, 6.45) is 4.26. The standard InChI is InChI=1S/C8H8ClN/c1-2-3-8-5-4-7(9)6-10-8/h2,4-6H,1,3H2. The fraction of sp³-hybridized carbons (Fsp3) is 0.125. The number of rotatable bonds is 2. The third-order valence-electron chi connectivity index (χ3n) is 1.14. The van der Waals surface area contributed by atoms with Gasteiger partial charge in [-0.2, -0.15) is 0 Å². The van der Waals surface area contributed by atoms with Gasteiger partial charge >= 0.3 is 0 Å². The summed E-state index contributed by atoms with van der Waals surface area (Å²) >= 11 is 5.62. The Kier molecular flexibility index (Phi) is 2.46. The quantitative estimate of drug-likeness (QED) is 0.595. The van der Waals surface area contributed by atoms with Crippen molar-refractivity contribution in [3.63, 3.8) is 0 Å². The van der Waals surface area contributed by atoms with Crippen molar-refractivity contribution in [1.82, 2.24) is 4.98 Å². The number of hydrogen-bond acceptors (Lipinski definition) is 1. The van der Waals surface area contributed by atoms with Gasteiger partial charge in [-0.25, -0.2) is 0 Å². The van der Waals surface area contributed by atoms with E-state index in [9.17, 15) is 0 Å². The largest absolute Gasteiger partial charge is 0.259 e. The summed E-state index contributed by atoms with van der Waals surface area (Å²) < 4.78 is 0. The first-order chi connectivity index (χ1) is 4.83. The summed E-state index contributed by atoms with van der Waals surface area (Å²) in [5.74, 6) is 0. The third-order valence-corrected chi connectivity index (χ3v) is 1.37. The highest BCUT2D eigenvalue weighted by molar-refractivity contribution is 6.30. The molecule has 0 spiro atoms. The van der Waals surface area contributed by atoms with Gasteiger partial charge in [0, 0.05) is 18.3 Å². The lowest BCUT2D eigenvalue weighted by Gasteiger charge is -1.93. The molecule has 0 aliphatic carbocycles. The van der Waals surface area contributed by atoms with Crippen LogP contribution >= 0.6 is 11.6 Å². The van der Waals surface area contributed by atoms with Crippen molar-refractivity contribution in [1.29, 1.82) is 0 Å². The molecule has 0 amide bonds. The Balaban J connectivity index is 2.78. The fourth-order valence-electron chi connectivity index (χ4n) is 0.675. The highest BCUT2D eigenvalue weighted by Gasteiger charge is 1.89. The Morgan fingerprint density at radius 3 is 2.90 bits per heavy atom. The van der Waals surface area contributed by atoms with Gasteiger partial charge in [0.25, 0.3) is 0 Å². The van der Waals surface area contributed by atoms with Crippen LogP contribution in [-0.2, 0) is 6.42 Å². The van der Waals surface area contributed by atoms with E-state index in [2.05, 4.69) is 11.6 Å². The van der Waals surface area contributed by atoms with Crippen molar-refractivity contribution in [2.75, 3.05) is 0 Å². The minimum atomic E-state index is 0.674. The summed E-state index contributed by atoms with van der Waals surface area (Å²) in [5.41, 5.74) is 0.999. The van der Waals surface area contributed by atoms with Crippen molar-refractivity contribution in [2.24, 2.45) is 0 Å². The van der Waals surface area contributed by atoms with E-state index >= 15 is 0 Å². The smallest absolute Gasteiger partial charge is 0.0589 e. The average molecular weight is 154 g/mol. The van der Waals surface area contributed by atoms with E-state index in [1.54, 1.807) is 6.20 Å². The van der Waals surface area contributed by atoms with E-state index in [0.29, 0.717) is 5.02 Å². The van der Waals surface area contributed by atoms with Gasteiger partial charge in [-0.1, -0.05) is 17.7 Å². The highest BCUT2D eigenvalue weighted by atomic mass is 35.5.